The first-order valence-corrected chi connectivity index (χ1v) is 21.8. The molecule has 1 heteroatoms. The monoisotopic (exact) mass is 781 g/mol. The van der Waals surface area contributed by atoms with E-state index in [4.69, 9.17) is 4.99 Å². The maximum absolute atomic E-state index is 4.79. The SMILES string of the molecule is CC1(C)C2=C(CCC(C3=CC(C=Nc4ccccc4)=CCC3)=C2)c2cc3c(-c4cccc(-c5ccccc5)c4)c4ccccc4c(-c4cccc(-c5ccccc5)c4)c3cc21. The molecular weight excluding hydrogens is 735 g/mol. The van der Waals surface area contributed by atoms with Crippen LogP contribution in [0.1, 0.15) is 50.7 Å². The Bertz CT molecular complexity index is 3170. The fourth-order valence-corrected chi connectivity index (χ4v) is 10.3. The number of nitrogens with zero attached hydrogens (tertiary/aromatic N) is 1. The van der Waals surface area contributed by atoms with Crippen LogP contribution in [0.2, 0.25) is 0 Å². The van der Waals surface area contributed by atoms with E-state index in [9.17, 15) is 0 Å². The molecule has 0 aliphatic heterocycles. The van der Waals surface area contributed by atoms with Crippen molar-refractivity contribution < 1.29 is 0 Å². The second-order valence-corrected chi connectivity index (χ2v) is 17.3. The van der Waals surface area contributed by atoms with Crippen LogP contribution >= 0.6 is 0 Å². The molecule has 8 aromatic carbocycles. The van der Waals surface area contributed by atoms with Gasteiger partial charge in [0.1, 0.15) is 0 Å². The molecule has 61 heavy (non-hydrogen) atoms. The highest BCUT2D eigenvalue weighted by molar-refractivity contribution is 6.22. The molecular formula is C60H47N. The number of rotatable bonds is 7. The van der Waals surface area contributed by atoms with Crippen LogP contribution in [-0.2, 0) is 5.41 Å². The Morgan fingerprint density at radius 1 is 0.459 bits per heavy atom. The van der Waals surface area contributed by atoms with Crippen LogP contribution in [0.3, 0.4) is 0 Å². The molecule has 0 saturated heterocycles. The van der Waals surface area contributed by atoms with Crippen molar-refractivity contribution >= 4 is 39.0 Å². The molecule has 0 bridgehead atoms. The first-order chi connectivity index (χ1) is 30.0. The molecule has 0 N–H and O–H groups in total. The lowest BCUT2D eigenvalue weighted by Crippen LogP contribution is -2.17. The average molecular weight is 782 g/mol. The lowest BCUT2D eigenvalue weighted by Gasteiger charge is -2.27. The number of para-hydroxylation sites is 1. The number of allylic oxidation sites excluding steroid dienone is 8. The van der Waals surface area contributed by atoms with E-state index < -0.39 is 0 Å². The zero-order valence-corrected chi connectivity index (χ0v) is 34.8. The summed E-state index contributed by atoms with van der Waals surface area (Å²) in [4.78, 5) is 4.79. The van der Waals surface area contributed by atoms with E-state index in [-0.39, 0.29) is 5.41 Å². The molecule has 8 aromatic rings. The van der Waals surface area contributed by atoms with Gasteiger partial charge in [0.05, 0.1) is 5.69 Å². The van der Waals surface area contributed by atoms with Gasteiger partial charge < -0.3 is 0 Å². The molecule has 0 fully saturated rings. The molecule has 1 nitrogen and oxygen atoms in total. The minimum atomic E-state index is -0.157. The van der Waals surface area contributed by atoms with Gasteiger partial charge in [-0.25, -0.2) is 0 Å². The van der Waals surface area contributed by atoms with Crippen molar-refractivity contribution in [2.45, 2.75) is 44.9 Å². The summed E-state index contributed by atoms with van der Waals surface area (Å²) in [6, 6.07) is 64.4. The Labute approximate surface area is 359 Å². The fourth-order valence-electron chi connectivity index (χ4n) is 10.3. The summed E-state index contributed by atoms with van der Waals surface area (Å²) in [5.74, 6) is 0. The van der Waals surface area contributed by atoms with Crippen molar-refractivity contribution in [3.63, 3.8) is 0 Å². The minimum absolute atomic E-state index is 0.157. The largest absolute Gasteiger partial charge is 0.256 e. The van der Waals surface area contributed by atoms with Gasteiger partial charge in [0.25, 0.3) is 0 Å². The van der Waals surface area contributed by atoms with Gasteiger partial charge in [-0.1, -0.05) is 172 Å². The summed E-state index contributed by atoms with van der Waals surface area (Å²) in [6.07, 6.45) is 13.5. The van der Waals surface area contributed by atoms with Crippen molar-refractivity contribution in [1.82, 2.24) is 0 Å². The number of fused-ring (bicyclic) bond motifs is 4. The van der Waals surface area contributed by atoms with Gasteiger partial charge in [0, 0.05) is 11.6 Å². The highest BCUT2D eigenvalue weighted by atomic mass is 14.7. The second-order valence-electron chi connectivity index (χ2n) is 17.3. The average Bonchev–Trinajstić information content (AvgIpc) is 3.54. The predicted molar refractivity (Wildman–Crippen MR) is 260 cm³/mol. The summed E-state index contributed by atoms with van der Waals surface area (Å²) in [6.45, 7) is 4.90. The van der Waals surface area contributed by atoms with Crippen LogP contribution in [-0.4, -0.2) is 6.21 Å². The maximum atomic E-state index is 4.79. The zero-order valence-electron chi connectivity index (χ0n) is 34.8. The van der Waals surface area contributed by atoms with Gasteiger partial charge in [-0.2, -0.15) is 0 Å². The Morgan fingerprint density at radius 3 is 1.61 bits per heavy atom. The molecule has 0 atom stereocenters. The van der Waals surface area contributed by atoms with Gasteiger partial charge in [-0.15, -0.1) is 0 Å². The molecule has 3 aliphatic carbocycles. The van der Waals surface area contributed by atoms with Gasteiger partial charge >= 0.3 is 0 Å². The van der Waals surface area contributed by atoms with Crippen LogP contribution < -0.4 is 0 Å². The number of benzene rings is 8. The number of hydrogen-bond donors (Lipinski definition) is 0. The third kappa shape index (κ3) is 6.62. The molecule has 11 rings (SSSR count). The first kappa shape index (κ1) is 36.9. The van der Waals surface area contributed by atoms with Crippen molar-refractivity contribution in [2.75, 3.05) is 0 Å². The Balaban J connectivity index is 1.11. The standard InChI is InChI=1S/C60H47N/c1-60(2)56-36-46(43-22-14-17-40(33-43)39-61-49-27-10-5-11-28-49)31-32-50(56)53-37-54-55(38-57(53)60)59(48-26-16-24-45(35-48)42-20-8-4-9-21-42)52-30-13-12-29-51(52)58(54)47-25-15-23-44(34-47)41-18-6-3-7-19-41/h3-13,15-21,23-30,33-39H,14,22,31-32H2,1-2H3. The lowest BCUT2D eigenvalue weighted by molar-refractivity contribution is 0.650. The van der Waals surface area contributed by atoms with Crippen molar-refractivity contribution in [3.8, 4) is 44.5 Å². The smallest absolute Gasteiger partial charge is 0.0629 e. The molecule has 3 aliphatic rings. The van der Waals surface area contributed by atoms with E-state index in [1.165, 1.54) is 105 Å². The number of hydrogen-bond acceptors (Lipinski definition) is 1. The molecule has 292 valence electrons. The summed E-state index contributed by atoms with van der Waals surface area (Å²) in [5, 5.41) is 5.17. The maximum Gasteiger partial charge on any atom is 0.0629 e. The highest BCUT2D eigenvalue weighted by Crippen LogP contribution is 2.55. The minimum Gasteiger partial charge on any atom is -0.256 e. The van der Waals surface area contributed by atoms with Crippen LogP contribution in [0.4, 0.5) is 5.69 Å². The third-order valence-corrected chi connectivity index (χ3v) is 13.3. The predicted octanol–water partition coefficient (Wildman–Crippen LogP) is 16.5. The molecule has 0 radical (unpaired) electrons. The molecule has 0 heterocycles. The van der Waals surface area contributed by atoms with Gasteiger partial charge in [0.15, 0.2) is 0 Å². The van der Waals surface area contributed by atoms with E-state index in [0.717, 1.165) is 31.4 Å². The van der Waals surface area contributed by atoms with Crippen molar-refractivity contribution in [1.29, 1.82) is 0 Å². The fraction of sp³-hybridized carbons (Fsp3) is 0.117. The topological polar surface area (TPSA) is 12.4 Å². The molecule has 0 amide bonds. The van der Waals surface area contributed by atoms with E-state index in [0.29, 0.717) is 0 Å². The molecule has 0 aromatic heterocycles. The van der Waals surface area contributed by atoms with E-state index >= 15 is 0 Å². The second kappa shape index (κ2) is 15.2. The van der Waals surface area contributed by atoms with Crippen LogP contribution in [0, 0.1) is 0 Å². The van der Waals surface area contributed by atoms with Gasteiger partial charge in [-0.3, -0.25) is 4.99 Å². The van der Waals surface area contributed by atoms with Gasteiger partial charge in [-0.05, 0) is 167 Å². The Morgan fingerprint density at radius 2 is 0.984 bits per heavy atom. The summed E-state index contributed by atoms with van der Waals surface area (Å²) < 4.78 is 0. The zero-order chi connectivity index (χ0) is 40.9. The molecule has 0 saturated carbocycles. The Hall–Kier alpha value is -7.09. The first-order valence-electron chi connectivity index (χ1n) is 21.8. The lowest BCUT2D eigenvalue weighted by atomic mass is 9.76. The molecule has 0 spiro atoms. The van der Waals surface area contributed by atoms with Crippen LogP contribution in [0.15, 0.2) is 221 Å². The summed E-state index contributed by atoms with van der Waals surface area (Å²) in [7, 11) is 0. The van der Waals surface area contributed by atoms with Crippen LogP contribution in [0.25, 0.3) is 71.6 Å². The van der Waals surface area contributed by atoms with E-state index in [1.54, 1.807) is 0 Å². The normalized spacial score (nSPS) is 15.7. The summed E-state index contributed by atoms with van der Waals surface area (Å²) in [5.41, 5.74) is 20.8. The molecule has 0 unspecified atom stereocenters. The third-order valence-electron chi connectivity index (χ3n) is 13.3. The van der Waals surface area contributed by atoms with Crippen LogP contribution in [0.5, 0.6) is 0 Å². The highest BCUT2D eigenvalue weighted by Gasteiger charge is 2.39. The van der Waals surface area contributed by atoms with Crippen molar-refractivity contribution in [2.24, 2.45) is 4.99 Å². The number of aliphatic imine (C=N–C) groups is 1. The quantitative estimate of drug-likeness (QED) is 0.113. The van der Waals surface area contributed by atoms with Gasteiger partial charge in [0.2, 0.25) is 0 Å². The van der Waals surface area contributed by atoms with E-state index in [1.807, 2.05) is 24.4 Å². The van der Waals surface area contributed by atoms with Crippen molar-refractivity contribution in [3.05, 3.63) is 228 Å². The summed E-state index contributed by atoms with van der Waals surface area (Å²) >= 11 is 0. The van der Waals surface area contributed by atoms with E-state index in [2.05, 4.69) is 190 Å². The Kier molecular flexibility index (Phi) is 9.20.